The first-order valence-electron chi connectivity index (χ1n) is 7.11. The SMILES string of the molecule is Cc1cc(Nc2cnc(C(=O)Nc3ccc(C)c(Br)c3)cn2)no1. The number of carbonyl (C=O) groups is 1. The Morgan fingerprint density at radius 3 is 2.58 bits per heavy atom. The highest BCUT2D eigenvalue weighted by molar-refractivity contribution is 9.10. The Morgan fingerprint density at radius 2 is 1.96 bits per heavy atom. The molecule has 0 spiro atoms. The Hall–Kier alpha value is -2.74. The summed E-state index contributed by atoms with van der Waals surface area (Å²) in [6.07, 6.45) is 2.86. The molecule has 3 aromatic rings. The predicted octanol–water partition coefficient (Wildman–Crippen LogP) is 3.84. The molecule has 0 saturated carbocycles. The molecule has 0 fully saturated rings. The summed E-state index contributed by atoms with van der Waals surface area (Å²) in [5, 5.41) is 9.52. The number of rotatable bonds is 4. The summed E-state index contributed by atoms with van der Waals surface area (Å²) in [4.78, 5) is 20.5. The second-order valence-corrected chi connectivity index (χ2v) is 6.01. The van der Waals surface area contributed by atoms with Crippen LogP contribution in [0.2, 0.25) is 0 Å². The van der Waals surface area contributed by atoms with Gasteiger partial charge in [0.25, 0.3) is 5.91 Å². The smallest absolute Gasteiger partial charge is 0.275 e. The van der Waals surface area contributed by atoms with Crippen molar-refractivity contribution in [2.24, 2.45) is 0 Å². The van der Waals surface area contributed by atoms with Crippen LogP contribution in [-0.2, 0) is 0 Å². The second-order valence-electron chi connectivity index (χ2n) is 5.15. The lowest BCUT2D eigenvalue weighted by Gasteiger charge is -2.07. The molecular formula is C16H14BrN5O2. The van der Waals surface area contributed by atoms with E-state index in [-0.39, 0.29) is 11.6 Å². The van der Waals surface area contributed by atoms with Gasteiger partial charge in [0.2, 0.25) is 0 Å². The van der Waals surface area contributed by atoms with Crippen molar-refractivity contribution in [3.8, 4) is 0 Å². The quantitative estimate of drug-likeness (QED) is 0.706. The van der Waals surface area contributed by atoms with Crippen LogP contribution in [0.15, 0.2) is 45.7 Å². The van der Waals surface area contributed by atoms with Crippen LogP contribution in [0.1, 0.15) is 21.8 Å². The Kier molecular flexibility index (Phi) is 4.57. The normalized spacial score (nSPS) is 10.5. The van der Waals surface area contributed by atoms with E-state index in [1.54, 1.807) is 13.0 Å². The van der Waals surface area contributed by atoms with Gasteiger partial charge in [0.15, 0.2) is 5.82 Å². The van der Waals surface area contributed by atoms with Gasteiger partial charge in [-0.05, 0) is 31.5 Å². The monoisotopic (exact) mass is 387 g/mol. The van der Waals surface area contributed by atoms with Gasteiger partial charge in [0, 0.05) is 16.2 Å². The predicted molar refractivity (Wildman–Crippen MR) is 93.4 cm³/mol. The van der Waals surface area contributed by atoms with E-state index in [2.05, 4.69) is 41.7 Å². The first kappa shape index (κ1) is 16.1. The molecule has 0 radical (unpaired) electrons. The minimum absolute atomic E-state index is 0.216. The van der Waals surface area contributed by atoms with Crippen LogP contribution in [0, 0.1) is 13.8 Å². The summed E-state index contributed by atoms with van der Waals surface area (Å²) in [7, 11) is 0. The van der Waals surface area contributed by atoms with Crippen LogP contribution in [0.3, 0.4) is 0 Å². The Bertz CT molecular complexity index is 876. The Labute approximate surface area is 146 Å². The van der Waals surface area contributed by atoms with E-state index in [1.807, 2.05) is 25.1 Å². The van der Waals surface area contributed by atoms with Gasteiger partial charge in [-0.3, -0.25) is 4.79 Å². The van der Waals surface area contributed by atoms with Crippen molar-refractivity contribution in [1.82, 2.24) is 15.1 Å². The number of aryl methyl sites for hydroxylation is 2. The van der Waals surface area contributed by atoms with E-state index in [1.165, 1.54) is 12.4 Å². The number of anilines is 3. The molecule has 0 aliphatic heterocycles. The maximum atomic E-state index is 12.2. The number of benzene rings is 1. The molecule has 7 nitrogen and oxygen atoms in total. The Balaban J connectivity index is 1.68. The fourth-order valence-electron chi connectivity index (χ4n) is 1.93. The number of nitrogens with zero attached hydrogens (tertiary/aromatic N) is 3. The molecule has 0 bridgehead atoms. The lowest BCUT2D eigenvalue weighted by atomic mass is 10.2. The molecule has 1 aromatic carbocycles. The van der Waals surface area contributed by atoms with Crippen molar-refractivity contribution in [2.45, 2.75) is 13.8 Å². The molecule has 24 heavy (non-hydrogen) atoms. The molecule has 8 heteroatoms. The van der Waals surface area contributed by atoms with Gasteiger partial charge in [-0.2, -0.15) is 0 Å². The van der Waals surface area contributed by atoms with Gasteiger partial charge in [-0.15, -0.1) is 0 Å². The molecule has 0 aliphatic rings. The molecule has 1 amide bonds. The van der Waals surface area contributed by atoms with Crippen LogP contribution in [0.25, 0.3) is 0 Å². The van der Waals surface area contributed by atoms with Gasteiger partial charge in [-0.25, -0.2) is 9.97 Å². The summed E-state index contributed by atoms with van der Waals surface area (Å²) >= 11 is 3.43. The lowest BCUT2D eigenvalue weighted by molar-refractivity contribution is 0.102. The van der Waals surface area contributed by atoms with Crippen molar-refractivity contribution >= 4 is 39.2 Å². The van der Waals surface area contributed by atoms with E-state index < -0.39 is 0 Å². The van der Waals surface area contributed by atoms with E-state index >= 15 is 0 Å². The number of halogens is 1. The van der Waals surface area contributed by atoms with Crippen LogP contribution < -0.4 is 10.6 Å². The van der Waals surface area contributed by atoms with Crippen molar-refractivity contribution in [2.75, 3.05) is 10.6 Å². The number of aromatic nitrogens is 3. The number of hydrogen-bond acceptors (Lipinski definition) is 6. The van der Waals surface area contributed by atoms with E-state index in [0.29, 0.717) is 23.1 Å². The minimum Gasteiger partial charge on any atom is -0.360 e. The first-order valence-corrected chi connectivity index (χ1v) is 7.90. The first-order chi connectivity index (χ1) is 11.5. The summed E-state index contributed by atoms with van der Waals surface area (Å²) < 4.78 is 5.88. The van der Waals surface area contributed by atoms with Gasteiger partial charge in [0.1, 0.15) is 17.3 Å². The minimum atomic E-state index is -0.331. The molecule has 2 heterocycles. The molecule has 122 valence electrons. The average molecular weight is 388 g/mol. The van der Waals surface area contributed by atoms with E-state index in [9.17, 15) is 4.79 Å². The Morgan fingerprint density at radius 1 is 1.12 bits per heavy atom. The van der Waals surface area contributed by atoms with Crippen molar-refractivity contribution in [1.29, 1.82) is 0 Å². The maximum Gasteiger partial charge on any atom is 0.275 e. The largest absolute Gasteiger partial charge is 0.360 e. The highest BCUT2D eigenvalue weighted by Gasteiger charge is 2.10. The fraction of sp³-hybridized carbons (Fsp3) is 0.125. The van der Waals surface area contributed by atoms with Gasteiger partial charge < -0.3 is 15.2 Å². The number of amides is 1. The third kappa shape index (κ3) is 3.77. The molecule has 0 unspecified atom stereocenters. The molecule has 2 aromatic heterocycles. The van der Waals surface area contributed by atoms with E-state index in [0.717, 1.165) is 10.0 Å². The van der Waals surface area contributed by atoms with Crippen molar-refractivity contribution in [3.63, 3.8) is 0 Å². The summed E-state index contributed by atoms with van der Waals surface area (Å²) in [5.41, 5.74) is 1.99. The second kappa shape index (κ2) is 6.79. The zero-order valence-electron chi connectivity index (χ0n) is 13.0. The molecule has 0 aliphatic carbocycles. The van der Waals surface area contributed by atoms with Gasteiger partial charge >= 0.3 is 0 Å². The zero-order valence-corrected chi connectivity index (χ0v) is 14.6. The number of hydrogen-bond donors (Lipinski definition) is 2. The van der Waals surface area contributed by atoms with Crippen molar-refractivity contribution in [3.05, 3.63) is 58.1 Å². The van der Waals surface area contributed by atoms with Crippen LogP contribution in [0.4, 0.5) is 17.3 Å². The number of carbonyl (C=O) groups excluding carboxylic acids is 1. The number of nitrogens with one attached hydrogen (secondary N) is 2. The fourth-order valence-corrected chi connectivity index (χ4v) is 2.31. The van der Waals surface area contributed by atoms with E-state index in [4.69, 9.17) is 4.52 Å². The summed E-state index contributed by atoms with van der Waals surface area (Å²) in [5.74, 6) is 1.36. The molecule has 0 saturated heterocycles. The summed E-state index contributed by atoms with van der Waals surface area (Å²) in [6.45, 7) is 3.77. The molecule has 3 rings (SSSR count). The highest BCUT2D eigenvalue weighted by Crippen LogP contribution is 2.21. The third-order valence-corrected chi connectivity index (χ3v) is 4.05. The van der Waals surface area contributed by atoms with Crippen LogP contribution >= 0.6 is 15.9 Å². The molecular weight excluding hydrogens is 374 g/mol. The zero-order chi connectivity index (χ0) is 17.1. The van der Waals surface area contributed by atoms with Gasteiger partial charge in [0.05, 0.1) is 12.4 Å². The van der Waals surface area contributed by atoms with Crippen LogP contribution in [-0.4, -0.2) is 21.0 Å². The molecule has 2 N–H and O–H groups in total. The maximum absolute atomic E-state index is 12.2. The molecule has 0 atom stereocenters. The van der Waals surface area contributed by atoms with Gasteiger partial charge in [-0.1, -0.05) is 27.2 Å². The standard InChI is InChI=1S/C16H14BrN5O2/c1-9-3-4-11(6-12(9)17)20-16(23)13-7-19-15(8-18-13)21-14-5-10(2)24-22-14/h3-8H,1-2H3,(H,20,23)(H,19,21,22). The lowest BCUT2D eigenvalue weighted by Crippen LogP contribution is -2.14. The van der Waals surface area contributed by atoms with Crippen molar-refractivity contribution < 1.29 is 9.32 Å². The van der Waals surface area contributed by atoms with Crippen LogP contribution in [0.5, 0.6) is 0 Å². The third-order valence-electron chi connectivity index (χ3n) is 3.20. The highest BCUT2D eigenvalue weighted by atomic mass is 79.9. The average Bonchev–Trinajstić information content (AvgIpc) is 2.96. The summed E-state index contributed by atoms with van der Waals surface area (Å²) in [6, 6.07) is 7.31. The topological polar surface area (TPSA) is 92.9 Å².